The highest BCUT2D eigenvalue weighted by Crippen LogP contribution is 2.36. The number of nitrogens with zero attached hydrogens (tertiary/aromatic N) is 2. The second-order valence-electron chi connectivity index (χ2n) is 5.50. The number of carbonyl (C=O) groups is 1. The van der Waals surface area contributed by atoms with Gasteiger partial charge < -0.3 is 5.32 Å². The summed E-state index contributed by atoms with van der Waals surface area (Å²) in [5.74, 6) is -0.252. The van der Waals surface area contributed by atoms with E-state index in [1.54, 1.807) is 0 Å². The molecule has 0 unspecified atom stereocenters. The second-order valence-corrected chi connectivity index (χ2v) is 7.79. The summed E-state index contributed by atoms with van der Waals surface area (Å²) in [5.41, 5.74) is -0.551. The van der Waals surface area contributed by atoms with E-state index in [0.717, 1.165) is 33.9 Å². The van der Waals surface area contributed by atoms with Crippen LogP contribution in [0.2, 0.25) is 5.02 Å². The monoisotopic (exact) mass is 490 g/mol. The molecule has 146 valence electrons. The number of anilines is 1. The molecule has 0 saturated carbocycles. The first-order valence-corrected chi connectivity index (χ1v) is 9.86. The van der Waals surface area contributed by atoms with Crippen LogP contribution in [-0.2, 0) is 11.0 Å². The SMILES string of the molecule is O=C(CSc1n[nH]c(-c2ccc(Br)cc2)n1)Nc1ccc(Cl)cc1C(F)(F)F. The highest BCUT2D eigenvalue weighted by molar-refractivity contribution is 9.10. The summed E-state index contributed by atoms with van der Waals surface area (Å²) in [6.45, 7) is 0. The Morgan fingerprint density at radius 2 is 1.93 bits per heavy atom. The summed E-state index contributed by atoms with van der Waals surface area (Å²) in [6.07, 6.45) is -4.63. The fraction of sp³-hybridized carbons (Fsp3) is 0.118. The van der Waals surface area contributed by atoms with E-state index in [9.17, 15) is 18.0 Å². The van der Waals surface area contributed by atoms with E-state index in [2.05, 4.69) is 36.4 Å². The summed E-state index contributed by atoms with van der Waals surface area (Å²) >= 11 is 9.96. The van der Waals surface area contributed by atoms with Gasteiger partial charge in [-0.15, -0.1) is 5.10 Å². The standard InChI is InChI=1S/C17H11BrClF3N4OS/c18-10-3-1-9(2-4-10)15-24-16(26-25-15)28-8-14(27)23-13-6-5-11(19)7-12(13)17(20,21)22/h1-7H,8H2,(H,23,27)(H,24,25,26). The molecule has 0 aliphatic heterocycles. The number of halogens is 5. The van der Waals surface area contributed by atoms with E-state index < -0.39 is 17.6 Å². The molecule has 1 heterocycles. The quantitative estimate of drug-likeness (QED) is 0.453. The van der Waals surface area contributed by atoms with E-state index >= 15 is 0 Å². The molecule has 2 aromatic carbocycles. The lowest BCUT2D eigenvalue weighted by Crippen LogP contribution is -2.18. The third-order valence-electron chi connectivity index (χ3n) is 3.48. The maximum Gasteiger partial charge on any atom is 0.418 e. The Balaban J connectivity index is 1.63. The molecule has 0 atom stereocenters. The molecule has 0 bridgehead atoms. The fourth-order valence-corrected chi connectivity index (χ4v) is 3.26. The zero-order chi connectivity index (χ0) is 20.3. The van der Waals surface area contributed by atoms with E-state index in [0.29, 0.717) is 11.0 Å². The van der Waals surface area contributed by atoms with Gasteiger partial charge in [-0.1, -0.05) is 51.4 Å². The highest BCUT2D eigenvalue weighted by Gasteiger charge is 2.34. The van der Waals surface area contributed by atoms with Crippen LogP contribution >= 0.6 is 39.3 Å². The molecule has 0 aliphatic carbocycles. The Hall–Kier alpha value is -2.04. The number of alkyl halides is 3. The number of benzene rings is 2. The zero-order valence-electron chi connectivity index (χ0n) is 13.8. The van der Waals surface area contributed by atoms with Gasteiger partial charge in [0.2, 0.25) is 11.1 Å². The average Bonchev–Trinajstić information content (AvgIpc) is 3.10. The predicted molar refractivity (Wildman–Crippen MR) is 105 cm³/mol. The molecular formula is C17H11BrClF3N4OS. The molecule has 3 rings (SSSR count). The first-order chi connectivity index (χ1) is 13.2. The van der Waals surface area contributed by atoms with E-state index in [1.807, 2.05) is 24.3 Å². The summed E-state index contributed by atoms with van der Waals surface area (Å²) < 4.78 is 40.1. The molecule has 3 aromatic rings. The van der Waals surface area contributed by atoms with Gasteiger partial charge in [0.15, 0.2) is 5.82 Å². The minimum Gasteiger partial charge on any atom is -0.325 e. The van der Waals surface area contributed by atoms with Crippen molar-refractivity contribution in [2.75, 3.05) is 11.1 Å². The molecule has 28 heavy (non-hydrogen) atoms. The largest absolute Gasteiger partial charge is 0.418 e. The normalized spacial score (nSPS) is 11.5. The van der Waals surface area contributed by atoms with Crippen LogP contribution in [0.25, 0.3) is 11.4 Å². The predicted octanol–water partition coefficient (Wildman–Crippen LogP) is 5.64. The van der Waals surface area contributed by atoms with Crippen molar-refractivity contribution in [1.29, 1.82) is 0 Å². The van der Waals surface area contributed by atoms with Gasteiger partial charge in [0.25, 0.3) is 0 Å². The van der Waals surface area contributed by atoms with Gasteiger partial charge in [0, 0.05) is 15.1 Å². The van der Waals surface area contributed by atoms with Crippen molar-refractivity contribution in [3.63, 3.8) is 0 Å². The third kappa shape index (κ3) is 5.27. The number of H-pyrrole nitrogens is 1. The number of aromatic nitrogens is 3. The molecule has 0 radical (unpaired) electrons. The fourth-order valence-electron chi connectivity index (χ4n) is 2.22. The van der Waals surface area contributed by atoms with Crippen molar-refractivity contribution < 1.29 is 18.0 Å². The van der Waals surface area contributed by atoms with Gasteiger partial charge in [0.1, 0.15) is 0 Å². The summed E-state index contributed by atoms with van der Waals surface area (Å²) in [5, 5.41) is 9.24. The van der Waals surface area contributed by atoms with Crippen molar-refractivity contribution in [1.82, 2.24) is 15.2 Å². The van der Waals surface area contributed by atoms with Crippen molar-refractivity contribution in [2.24, 2.45) is 0 Å². The first kappa shape index (κ1) is 20.7. The maximum atomic E-state index is 13.1. The maximum absolute atomic E-state index is 13.1. The van der Waals surface area contributed by atoms with Gasteiger partial charge in [-0.2, -0.15) is 13.2 Å². The van der Waals surface area contributed by atoms with Crippen LogP contribution in [0.5, 0.6) is 0 Å². The first-order valence-electron chi connectivity index (χ1n) is 7.70. The van der Waals surface area contributed by atoms with Crippen molar-refractivity contribution in [2.45, 2.75) is 11.3 Å². The lowest BCUT2D eigenvalue weighted by Gasteiger charge is -2.13. The van der Waals surface area contributed by atoms with Crippen LogP contribution in [0.4, 0.5) is 18.9 Å². The van der Waals surface area contributed by atoms with Crippen molar-refractivity contribution >= 4 is 50.9 Å². The van der Waals surface area contributed by atoms with E-state index in [1.165, 1.54) is 6.07 Å². The molecule has 0 spiro atoms. The Labute approximate surface area is 175 Å². The van der Waals surface area contributed by atoms with Crippen LogP contribution in [0.15, 0.2) is 52.1 Å². The molecule has 0 saturated heterocycles. The number of rotatable bonds is 5. The molecule has 0 fully saturated rings. The lowest BCUT2D eigenvalue weighted by atomic mass is 10.1. The average molecular weight is 492 g/mol. The van der Waals surface area contributed by atoms with E-state index in [-0.39, 0.29) is 16.5 Å². The molecule has 5 nitrogen and oxygen atoms in total. The number of amides is 1. The van der Waals surface area contributed by atoms with Crippen LogP contribution in [0.1, 0.15) is 5.56 Å². The van der Waals surface area contributed by atoms with E-state index in [4.69, 9.17) is 11.6 Å². The minimum atomic E-state index is -4.63. The molecule has 11 heteroatoms. The summed E-state index contributed by atoms with van der Waals surface area (Å²) in [4.78, 5) is 16.3. The topological polar surface area (TPSA) is 70.7 Å². The molecule has 1 amide bonds. The summed E-state index contributed by atoms with van der Waals surface area (Å²) in [6, 6.07) is 10.5. The second kappa shape index (κ2) is 8.54. The van der Waals surface area contributed by atoms with Gasteiger partial charge in [-0.3, -0.25) is 9.89 Å². The number of hydrogen-bond acceptors (Lipinski definition) is 4. The minimum absolute atomic E-state index is 0.0686. The number of hydrogen-bond donors (Lipinski definition) is 2. The van der Waals surface area contributed by atoms with Crippen LogP contribution in [0.3, 0.4) is 0 Å². The Kier molecular flexibility index (Phi) is 6.31. The number of nitrogens with one attached hydrogen (secondary N) is 2. The van der Waals surface area contributed by atoms with Crippen LogP contribution < -0.4 is 5.32 Å². The lowest BCUT2D eigenvalue weighted by molar-refractivity contribution is -0.137. The molecule has 1 aromatic heterocycles. The molecular weight excluding hydrogens is 481 g/mol. The molecule has 0 aliphatic rings. The third-order valence-corrected chi connectivity index (χ3v) is 5.09. The highest BCUT2D eigenvalue weighted by atomic mass is 79.9. The van der Waals surface area contributed by atoms with Gasteiger partial charge in [-0.25, -0.2) is 4.98 Å². The Morgan fingerprint density at radius 3 is 2.61 bits per heavy atom. The Morgan fingerprint density at radius 1 is 1.21 bits per heavy atom. The van der Waals surface area contributed by atoms with Crippen LogP contribution in [0, 0.1) is 0 Å². The van der Waals surface area contributed by atoms with Gasteiger partial charge in [0.05, 0.1) is 17.0 Å². The Bertz CT molecular complexity index is 995. The number of carbonyl (C=O) groups excluding carboxylic acids is 1. The molecule has 2 N–H and O–H groups in total. The smallest absolute Gasteiger partial charge is 0.325 e. The number of thioether (sulfide) groups is 1. The van der Waals surface area contributed by atoms with Crippen molar-refractivity contribution in [3.8, 4) is 11.4 Å². The van der Waals surface area contributed by atoms with Gasteiger partial charge >= 0.3 is 6.18 Å². The van der Waals surface area contributed by atoms with Gasteiger partial charge in [-0.05, 0) is 30.3 Å². The zero-order valence-corrected chi connectivity index (χ0v) is 17.0. The summed E-state index contributed by atoms with van der Waals surface area (Å²) in [7, 11) is 0. The number of aromatic amines is 1. The van der Waals surface area contributed by atoms with Crippen molar-refractivity contribution in [3.05, 3.63) is 57.5 Å². The van der Waals surface area contributed by atoms with Crippen LogP contribution in [-0.4, -0.2) is 26.8 Å².